The van der Waals surface area contributed by atoms with Gasteiger partial charge in [0.15, 0.2) is 0 Å². The Bertz CT molecular complexity index is 362. The van der Waals surface area contributed by atoms with Gasteiger partial charge in [0, 0.05) is 15.6 Å². The van der Waals surface area contributed by atoms with Crippen molar-refractivity contribution in [2.45, 2.75) is 11.3 Å². The molecule has 0 saturated carbocycles. The molecule has 0 saturated heterocycles. The van der Waals surface area contributed by atoms with Gasteiger partial charge >= 0.3 is 0 Å². The van der Waals surface area contributed by atoms with E-state index in [1.165, 1.54) is 0 Å². The van der Waals surface area contributed by atoms with E-state index in [0.29, 0.717) is 6.42 Å². The number of rotatable bonds is 5. The second kappa shape index (κ2) is 5.63. The average molecular weight is 251 g/mol. The highest BCUT2D eigenvalue weighted by molar-refractivity contribution is 8.13. The summed E-state index contributed by atoms with van der Waals surface area (Å²) in [5.41, 5.74) is 0. The van der Waals surface area contributed by atoms with Crippen molar-refractivity contribution in [3.05, 3.63) is 30.3 Å². The molecule has 78 valence electrons. The highest BCUT2D eigenvalue weighted by Gasteiger charge is 2.03. The molecule has 0 aromatic heterocycles. The summed E-state index contributed by atoms with van der Waals surface area (Å²) in [6.45, 7) is 0. The zero-order valence-corrected chi connectivity index (χ0v) is 9.91. The molecule has 0 amide bonds. The van der Waals surface area contributed by atoms with Crippen LogP contribution in [0.1, 0.15) is 6.42 Å². The van der Waals surface area contributed by atoms with Gasteiger partial charge in [0.1, 0.15) is 0 Å². The van der Waals surface area contributed by atoms with E-state index in [1.807, 2.05) is 30.3 Å². The number of benzene rings is 1. The van der Waals surface area contributed by atoms with Gasteiger partial charge in [-0.1, -0.05) is 18.2 Å². The molecule has 2 nitrogen and oxygen atoms in total. The molecule has 0 N–H and O–H groups in total. The van der Waals surface area contributed by atoms with Gasteiger partial charge in [-0.2, -0.15) is 0 Å². The van der Waals surface area contributed by atoms with Crippen molar-refractivity contribution in [3.63, 3.8) is 0 Å². The van der Waals surface area contributed by atoms with Crippen molar-refractivity contribution in [2.75, 3.05) is 11.5 Å². The molecule has 0 heterocycles. The Morgan fingerprint density at radius 1 is 1.21 bits per heavy atom. The van der Waals surface area contributed by atoms with Crippen molar-refractivity contribution in [1.29, 1.82) is 0 Å². The largest absolute Gasteiger partial charge is 0.232 e. The first kappa shape index (κ1) is 11.9. The van der Waals surface area contributed by atoms with Gasteiger partial charge in [-0.05, 0) is 24.3 Å². The quantitative estimate of drug-likeness (QED) is 0.458. The Morgan fingerprint density at radius 2 is 1.86 bits per heavy atom. The second-order valence-electron chi connectivity index (χ2n) is 2.76. The van der Waals surface area contributed by atoms with Crippen molar-refractivity contribution in [3.8, 4) is 0 Å². The van der Waals surface area contributed by atoms with Crippen LogP contribution >= 0.6 is 22.4 Å². The topological polar surface area (TPSA) is 34.1 Å². The molecule has 1 aromatic rings. The third kappa shape index (κ3) is 5.52. The third-order valence-corrected chi connectivity index (χ3v) is 3.88. The molecule has 0 atom stereocenters. The monoisotopic (exact) mass is 250 g/mol. The van der Waals surface area contributed by atoms with E-state index < -0.39 is 9.05 Å². The molecule has 1 rings (SSSR count). The second-order valence-corrected chi connectivity index (χ2v) is 6.82. The lowest BCUT2D eigenvalue weighted by Crippen LogP contribution is -1.97. The Labute approximate surface area is 93.1 Å². The fraction of sp³-hybridized carbons (Fsp3) is 0.333. The number of hydrogen-bond acceptors (Lipinski definition) is 3. The normalized spacial score (nSPS) is 11.5. The average Bonchev–Trinajstić information content (AvgIpc) is 2.13. The van der Waals surface area contributed by atoms with E-state index in [2.05, 4.69) is 0 Å². The number of thioether (sulfide) groups is 1. The molecule has 0 radical (unpaired) electrons. The Morgan fingerprint density at radius 3 is 2.43 bits per heavy atom. The molecule has 0 bridgehead atoms. The van der Waals surface area contributed by atoms with E-state index in [1.54, 1.807) is 11.8 Å². The van der Waals surface area contributed by atoms with E-state index in [0.717, 1.165) is 10.6 Å². The van der Waals surface area contributed by atoms with Crippen LogP contribution in [0.5, 0.6) is 0 Å². The minimum atomic E-state index is -3.32. The summed E-state index contributed by atoms with van der Waals surface area (Å²) < 4.78 is 21.2. The zero-order valence-electron chi connectivity index (χ0n) is 7.52. The highest BCUT2D eigenvalue weighted by Crippen LogP contribution is 2.18. The van der Waals surface area contributed by atoms with Crippen LogP contribution in [0.25, 0.3) is 0 Å². The molecule has 1 aromatic carbocycles. The van der Waals surface area contributed by atoms with Crippen molar-refractivity contribution < 1.29 is 8.42 Å². The summed E-state index contributed by atoms with van der Waals surface area (Å²) in [6, 6.07) is 9.87. The van der Waals surface area contributed by atoms with Gasteiger partial charge < -0.3 is 0 Å². The van der Waals surface area contributed by atoms with Crippen LogP contribution in [0, 0.1) is 0 Å². The van der Waals surface area contributed by atoms with Crippen LogP contribution in [0.3, 0.4) is 0 Å². The maximum absolute atomic E-state index is 10.6. The lowest BCUT2D eigenvalue weighted by atomic mass is 10.4. The Kier molecular flexibility index (Phi) is 4.78. The van der Waals surface area contributed by atoms with Crippen LogP contribution in [0.4, 0.5) is 0 Å². The number of hydrogen-bond donors (Lipinski definition) is 0. The standard InChI is InChI=1S/C9H11ClO2S2/c10-14(11,12)8-4-7-13-9-5-2-1-3-6-9/h1-3,5-6H,4,7-8H2. The maximum atomic E-state index is 10.6. The Hall–Kier alpha value is -0.190. The molecule has 5 heteroatoms. The highest BCUT2D eigenvalue weighted by atomic mass is 35.7. The number of halogens is 1. The zero-order chi connectivity index (χ0) is 10.4. The summed E-state index contributed by atoms with van der Waals surface area (Å²) in [5.74, 6) is 0.824. The predicted molar refractivity (Wildman–Crippen MR) is 61.4 cm³/mol. The molecule has 0 unspecified atom stereocenters. The third-order valence-electron chi connectivity index (χ3n) is 1.54. The summed E-state index contributed by atoms with van der Waals surface area (Å²) >= 11 is 1.64. The summed E-state index contributed by atoms with van der Waals surface area (Å²) in [5, 5.41) is 0. The van der Waals surface area contributed by atoms with E-state index >= 15 is 0 Å². The van der Waals surface area contributed by atoms with E-state index in [-0.39, 0.29) is 5.75 Å². The van der Waals surface area contributed by atoms with Crippen LogP contribution < -0.4 is 0 Å². The van der Waals surface area contributed by atoms with E-state index in [4.69, 9.17) is 10.7 Å². The fourth-order valence-electron chi connectivity index (χ4n) is 0.938. The lowest BCUT2D eigenvalue weighted by molar-refractivity contribution is 0.608. The predicted octanol–water partition coefficient (Wildman–Crippen LogP) is 2.74. The van der Waals surface area contributed by atoms with Crippen LogP contribution in [-0.2, 0) is 9.05 Å². The van der Waals surface area contributed by atoms with E-state index in [9.17, 15) is 8.42 Å². The molecule has 0 fully saturated rings. The maximum Gasteiger partial charge on any atom is 0.232 e. The van der Waals surface area contributed by atoms with Crippen LogP contribution in [0.15, 0.2) is 35.2 Å². The molecule has 0 aliphatic heterocycles. The van der Waals surface area contributed by atoms with Crippen LogP contribution in [0.2, 0.25) is 0 Å². The first-order chi connectivity index (χ1) is 6.58. The van der Waals surface area contributed by atoms with Crippen LogP contribution in [-0.4, -0.2) is 19.9 Å². The molecule has 0 spiro atoms. The molecule has 0 aliphatic rings. The minimum absolute atomic E-state index is 0.0500. The van der Waals surface area contributed by atoms with Crippen molar-refractivity contribution >= 4 is 31.5 Å². The lowest BCUT2D eigenvalue weighted by Gasteiger charge is -1.99. The SMILES string of the molecule is O=S(=O)(Cl)CCCSc1ccccc1. The van der Waals surface area contributed by atoms with Gasteiger partial charge in [-0.15, -0.1) is 11.8 Å². The molecular formula is C9H11ClO2S2. The van der Waals surface area contributed by atoms with Gasteiger partial charge in [0.05, 0.1) is 5.75 Å². The minimum Gasteiger partial charge on any atom is -0.212 e. The summed E-state index contributed by atoms with van der Waals surface area (Å²) in [4.78, 5) is 1.15. The van der Waals surface area contributed by atoms with Gasteiger partial charge in [-0.3, -0.25) is 0 Å². The van der Waals surface area contributed by atoms with Crippen molar-refractivity contribution in [1.82, 2.24) is 0 Å². The molecular weight excluding hydrogens is 240 g/mol. The first-order valence-corrected chi connectivity index (χ1v) is 7.64. The Balaban J connectivity index is 2.23. The first-order valence-electron chi connectivity index (χ1n) is 4.18. The molecule has 14 heavy (non-hydrogen) atoms. The smallest absolute Gasteiger partial charge is 0.212 e. The van der Waals surface area contributed by atoms with Gasteiger partial charge in [0.25, 0.3) is 0 Å². The molecule has 0 aliphatic carbocycles. The van der Waals surface area contributed by atoms with Gasteiger partial charge in [0.2, 0.25) is 9.05 Å². The van der Waals surface area contributed by atoms with Gasteiger partial charge in [-0.25, -0.2) is 8.42 Å². The fourth-order valence-corrected chi connectivity index (χ4v) is 2.81. The summed E-state index contributed by atoms with van der Waals surface area (Å²) in [6.07, 6.45) is 0.589. The summed E-state index contributed by atoms with van der Waals surface area (Å²) in [7, 11) is 1.76. The van der Waals surface area contributed by atoms with Crippen molar-refractivity contribution in [2.24, 2.45) is 0 Å².